The average molecular weight is 311 g/mol. The minimum absolute atomic E-state index is 0.0440. The minimum Gasteiger partial charge on any atom is -0.497 e. The van der Waals surface area contributed by atoms with Crippen LogP contribution in [0.5, 0.6) is 5.75 Å². The van der Waals surface area contributed by atoms with E-state index < -0.39 is 15.8 Å². The fraction of sp³-hybridized carbons (Fsp3) is 0.154. The maximum atomic E-state index is 13.7. The van der Waals surface area contributed by atoms with E-state index in [1.54, 1.807) is 0 Å². The number of nitrogens with zero attached hydrogens (tertiary/aromatic N) is 1. The molecule has 112 valence electrons. The van der Waals surface area contributed by atoms with E-state index in [9.17, 15) is 12.8 Å². The number of nitrogens with one attached hydrogen (secondary N) is 1. The number of ether oxygens (including phenoxy) is 1. The normalized spacial score (nSPS) is 11.2. The van der Waals surface area contributed by atoms with E-state index in [1.165, 1.54) is 37.6 Å². The molecule has 0 saturated heterocycles. The van der Waals surface area contributed by atoms with Crippen molar-refractivity contribution in [3.8, 4) is 5.75 Å². The Labute approximate surface area is 121 Å². The molecule has 21 heavy (non-hydrogen) atoms. The second-order valence-electron chi connectivity index (χ2n) is 4.10. The van der Waals surface area contributed by atoms with Gasteiger partial charge in [-0.1, -0.05) is 0 Å². The van der Waals surface area contributed by atoms with Crippen LogP contribution in [0.25, 0.3) is 0 Å². The number of methoxy groups -OCH3 is 1. The second-order valence-corrected chi connectivity index (χ2v) is 5.75. The van der Waals surface area contributed by atoms with Crippen LogP contribution in [-0.4, -0.2) is 20.5 Å². The SMILES string of the molecule is COc1ccc(F)c(NS(=O)(=O)c2cccnc2CN)c1. The predicted octanol–water partition coefficient (Wildman–Crippen LogP) is 1.49. The zero-order valence-corrected chi connectivity index (χ0v) is 12.0. The topological polar surface area (TPSA) is 94.3 Å². The van der Waals surface area contributed by atoms with Crippen molar-refractivity contribution < 1.29 is 17.5 Å². The smallest absolute Gasteiger partial charge is 0.263 e. The minimum atomic E-state index is -3.99. The molecule has 2 rings (SSSR count). The quantitative estimate of drug-likeness (QED) is 0.872. The van der Waals surface area contributed by atoms with Gasteiger partial charge < -0.3 is 10.5 Å². The van der Waals surface area contributed by atoms with E-state index in [-0.39, 0.29) is 22.8 Å². The van der Waals surface area contributed by atoms with E-state index in [0.717, 1.165) is 6.07 Å². The van der Waals surface area contributed by atoms with Gasteiger partial charge in [-0.05, 0) is 24.3 Å². The summed E-state index contributed by atoms with van der Waals surface area (Å²) in [6.45, 7) is -0.0440. The van der Waals surface area contributed by atoms with Gasteiger partial charge in [0, 0.05) is 18.8 Å². The molecule has 1 aromatic carbocycles. The summed E-state index contributed by atoms with van der Waals surface area (Å²) in [6, 6.07) is 6.59. The molecular formula is C13H14FN3O3S. The predicted molar refractivity (Wildman–Crippen MR) is 75.9 cm³/mol. The molecule has 0 amide bonds. The van der Waals surface area contributed by atoms with Crippen LogP contribution in [0.3, 0.4) is 0 Å². The Morgan fingerprint density at radius 2 is 2.14 bits per heavy atom. The molecule has 0 spiro atoms. The van der Waals surface area contributed by atoms with Crippen LogP contribution in [0, 0.1) is 5.82 Å². The van der Waals surface area contributed by atoms with Gasteiger partial charge in [-0.25, -0.2) is 12.8 Å². The summed E-state index contributed by atoms with van der Waals surface area (Å²) < 4.78 is 45.5. The molecule has 0 saturated carbocycles. The molecule has 0 unspecified atom stereocenters. The third-order valence-corrected chi connectivity index (χ3v) is 4.19. The van der Waals surface area contributed by atoms with Gasteiger partial charge in [0.2, 0.25) is 0 Å². The number of rotatable bonds is 5. The Balaban J connectivity index is 2.42. The monoisotopic (exact) mass is 311 g/mol. The zero-order chi connectivity index (χ0) is 15.5. The Kier molecular flexibility index (Phi) is 4.39. The third kappa shape index (κ3) is 3.29. The van der Waals surface area contributed by atoms with Crippen LogP contribution in [0.15, 0.2) is 41.4 Å². The zero-order valence-electron chi connectivity index (χ0n) is 11.2. The highest BCUT2D eigenvalue weighted by Crippen LogP contribution is 2.24. The Hall–Kier alpha value is -2.19. The number of benzene rings is 1. The molecular weight excluding hydrogens is 297 g/mol. The number of hydrogen-bond acceptors (Lipinski definition) is 5. The molecule has 0 aliphatic heterocycles. The fourth-order valence-corrected chi connectivity index (χ4v) is 2.99. The maximum absolute atomic E-state index is 13.7. The molecule has 0 atom stereocenters. The summed E-state index contributed by atoms with van der Waals surface area (Å²) in [5.74, 6) is -0.378. The van der Waals surface area contributed by atoms with Gasteiger partial charge in [-0.3, -0.25) is 9.71 Å². The molecule has 0 aliphatic rings. The first-order valence-electron chi connectivity index (χ1n) is 5.98. The Morgan fingerprint density at radius 1 is 1.38 bits per heavy atom. The lowest BCUT2D eigenvalue weighted by Crippen LogP contribution is -2.18. The molecule has 0 aliphatic carbocycles. The van der Waals surface area contributed by atoms with E-state index in [0.29, 0.717) is 5.75 Å². The largest absolute Gasteiger partial charge is 0.497 e. The summed E-state index contributed by atoms with van der Waals surface area (Å²) in [7, 11) is -2.59. The van der Waals surface area contributed by atoms with Crippen molar-refractivity contribution in [2.45, 2.75) is 11.4 Å². The standard InChI is InChI=1S/C13H14FN3O3S/c1-20-9-4-5-10(14)11(7-9)17-21(18,19)13-3-2-6-16-12(13)8-15/h2-7,17H,8,15H2,1H3. The first kappa shape index (κ1) is 15.2. The van der Waals surface area contributed by atoms with Crippen LogP contribution >= 0.6 is 0 Å². The van der Waals surface area contributed by atoms with Crippen LogP contribution in [0.4, 0.5) is 10.1 Å². The van der Waals surface area contributed by atoms with Crippen molar-refractivity contribution in [2.24, 2.45) is 5.73 Å². The van der Waals surface area contributed by atoms with Gasteiger partial charge >= 0.3 is 0 Å². The lowest BCUT2D eigenvalue weighted by atomic mass is 10.3. The Bertz CT molecular complexity index is 750. The summed E-state index contributed by atoms with van der Waals surface area (Å²) in [4.78, 5) is 3.81. The first-order valence-corrected chi connectivity index (χ1v) is 7.46. The molecule has 8 heteroatoms. The molecule has 3 N–H and O–H groups in total. The van der Waals surface area contributed by atoms with Crippen molar-refractivity contribution in [3.05, 3.63) is 48.0 Å². The lowest BCUT2D eigenvalue weighted by molar-refractivity contribution is 0.414. The van der Waals surface area contributed by atoms with Gasteiger partial charge in [0.25, 0.3) is 10.0 Å². The van der Waals surface area contributed by atoms with Gasteiger partial charge in [0.15, 0.2) is 0 Å². The number of aromatic nitrogens is 1. The molecule has 2 aromatic rings. The van der Waals surface area contributed by atoms with Gasteiger partial charge in [-0.15, -0.1) is 0 Å². The van der Waals surface area contributed by atoms with E-state index >= 15 is 0 Å². The Morgan fingerprint density at radius 3 is 2.81 bits per heavy atom. The van der Waals surface area contributed by atoms with Crippen molar-refractivity contribution in [2.75, 3.05) is 11.8 Å². The molecule has 0 fully saturated rings. The van der Waals surface area contributed by atoms with Crippen LogP contribution < -0.4 is 15.2 Å². The van der Waals surface area contributed by atoms with Gasteiger partial charge in [-0.2, -0.15) is 0 Å². The number of anilines is 1. The van der Waals surface area contributed by atoms with E-state index in [2.05, 4.69) is 9.71 Å². The highest BCUT2D eigenvalue weighted by Gasteiger charge is 2.20. The van der Waals surface area contributed by atoms with Gasteiger partial charge in [0.1, 0.15) is 16.5 Å². The highest BCUT2D eigenvalue weighted by atomic mass is 32.2. The molecule has 0 radical (unpaired) electrons. The lowest BCUT2D eigenvalue weighted by Gasteiger charge is -2.12. The number of pyridine rings is 1. The van der Waals surface area contributed by atoms with Crippen molar-refractivity contribution in [1.82, 2.24) is 4.98 Å². The van der Waals surface area contributed by atoms with Crippen molar-refractivity contribution in [3.63, 3.8) is 0 Å². The second kappa shape index (κ2) is 6.06. The van der Waals surface area contributed by atoms with Crippen LogP contribution in [-0.2, 0) is 16.6 Å². The summed E-state index contributed by atoms with van der Waals surface area (Å²) in [6.07, 6.45) is 1.44. The van der Waals surface area contributed by atoms with E-state index in [1.807, 2.05) is 0 Å². The fourth-order valence-electron chi connectivity index (χ4n) is 1.73. The molecule has 1 aromatic heterocycles. The van der Waals surface area contributed by atoms with Crippen LogP contribution in [0.2, 0.25) is 0 Å². The summed E-state index contributed by atoms with van der Waals surface area (Å²) in [5, 5.41) is 0. The van der Waals surface area contributed by atoms with Gasteiger partial charge in [0.05, 0.1) is 18.5 Å². The van der Waals surface area contributed by atoms with E-state index in [4.69, 9.17) is 10.5 Å². The number of hydrogen-bond donors (Lipinski definition) is 2. The van der Waals surface area contributed by atoms with Crippen molar-refractivity contribution >= 4 is 15.7 Å². The molecule has 6 nitrogen and oxygen atoms in total. The average Bonchev–Trinajstić information content (AvgIpc) is 2.49. The summed E-state index contributed by atoms with van der Waals surface area (Å²) in [5.41, 5.74) is 5.46. The highest BCUT2D eigenvalue weighted by molar-refractivity contribution is 7.92. The van der Waals surface area contributed by atoms with Crippen molar-refractivity contribution in [1.29, 1.82) is 0 Å². The van der Waals surface area contributed by atoms with Crippen LogP contribution in [0.1, 0.15) is 5.69 Å². The third-order valence-electron chi connectivity index (χ3n) is 2.75. The molecule has 0 bridgehead atoms. The first-order chi connectivity index (χ1) is 9.97. The number of nitrogens with two attached hydrogens (primary N) is 1. The summed E-state index contributed by atoms with van der Waals surface area (Å²) >= 11 is 0. The number of sulfonamides is 1. The maximum Gasteiger partial charge on any atom is 0.263 e. The number of halogens is 1. The molecule has 1 heterocycles.